The number of para-hydroxylation sites is 1. The van der Waals surface area contributed by atoms with E-state index in [0.29, 0.717) is 17.1 Å². The maximum absolute atomic E-state index is 14.0. The number of halogens is 1. The Kier molecular flexibility index (Phi) is 3.85. The number of aromatic amines is 1. The van der Waals surface area contributed by atoms with Gasteiger partial charge in [0.2, 0.25) is 5.95 Å². The van der Waals surface area contributed by atoms with Crippen LogP contribution in [0.15, 0.2) is 59.4 Å². The number of nitrogens with zero attached hydrogens (tertiary/aromatic N) is 3. The quantitative estimate of drug-likeness (QED) is 0.590. The molecular formula is C18H14FN5O2. The summed E-state index contributed by atoms with van der Waals surface area (Å²) in [7, 11) is 1.58. The molecule has 0 saturated carbocycles. The molecule has 0 spiro atoms. The van der Waals surface area contributed by atoms with E-state index in [1.807, 2.05) is 24.3 Å². The maximum atomic E-state index is 14.0. The molecule has 8 heteroatoms. The number of ether oxygens (including phenoxy) is 1. The number of aromatic nitrogens is 4. The minimum atomic E-state index is -0.469. The Morgan fingerprint density at radius 1 is 1.15 bits per heavy atom. The molecule has 0 unspecified atom stereocenters. The lowest BCUT2D eigenvalue weighted by Gasteiger charge is -2.10. The zero-order valence-corrected chi connectivity index (χ0v) is 13.7. The van der Waals surface area contributed by atoms with Gasteiger partial charge >= 0.3 is 5.69 Å². The first-order chi connectivity index (χ1) is 12.7. The molecule has 0 radical (unpaired) electrons. The highest BCUT2D eigenvalue weighted by Gasteiger charge is 2.13. The smallest absolute Gasteiger partial charge is 0.350 e. The molecule has 0 fully saturated rings. The minimum absolute atomic E-state index is 0.157. The Hall–Kier alpha value is -3.68. The normalized spacial score (nSPS) is 10.8. The van der Waals surface area contributed by atoms with Crippen molar-refractivity contribution in [3.63, 3.8) is 0 Å². The van der Waals surface area contributed by atoms with Crippen LogP contribution in [0.2, 0.25) is 0 Å². The number of fused-ring (bicyclic) bond motifs is 1. The maximum Gasteiger partial charge on any atom is 0.350 e. The number of anilines is 2. The first-order valence-corrected chi connectivity index (χ1v) is 7.80. The number of H-pyrrole nitrogens is 1. The second-order valence-electron chi connectivity index (χ2n) is 5.52. The largest absolute Gasteiger partial charge is 0.497 e. The SMILES string of the molecule is COc1cccc(-c2cc3n[nH]c(=O)n3c(Nc3ccccc3F)n2)c1. The van der Waals surface area contributed by atoms with Crippen molar-refractivity contribution in [1.29, 1.82) is 0 Å². The summed E-state index contributed by atoms with van der Waals surface area (Å²) in [5, 5.41) is 9.24. The molecule has 2 aromatic heterocycles. The Balaban J connectivity index is 1.89. The van der Waals surface area contributed by atoms with Crippen molar-refractivity contribution in [1.82, 2.24) is 19.6 Å². The van der Waals surface area contributed by atoms with Crippen LogP contribution < -0.4 is 15.7 Å². The highest BCUT2D eigenvalue weighted by molar-refractivity contribution is 5.68. The Morgan fingerprint density at radius 3 is 2.81 bits per heavy atom. The van der Waals surface area contributed by atoms with E-state index in [1.165, 1.54) is 10.5 Å². The molecule has 0 aliphatic rings. The molecule has 7 nitrogen and oxygen atoms in total. The average molecular weight is 351 g/mol. The van der Waals surface area contributed by atoms with Crippen LogP contribution in [0.5, 0.6) is 5.75 Å². The van der Waals surface area contributed by atoms with Gasteiger partial charge in [0.15, 0.2) is 5.65 Å². The predicted molar refractivity (Wildman–Crippen MR) is 95.3 cm³/mol. The predicted octanol–water partition coefficient (Wildman–Crippen LogP) is 2.98. The second-order valence-corrected chi connectivity index (χ2v) is 5.52. The molecule has 4 aromatic rings. The van der Waals surface area contributed by atoms with Gasteiger partial charge in [-0.05, 0) is 24.3 Å². The van der Waals surface area contributed by atoms with Gasteiger partial charge in [0.05, 0.1) is 18.5 Å². The average Bonchev–Trinajstić information content (AvgIpc) is 3.05. The first kappa shape index (κ1) is 15.8. The Labute approximate surface area is 147 Å². The molecule has 4 rings (SSSR count). The number of rotatable bonds is 4. The van der Waals surface area contributed by atoms with Crippen LogP contribution in [0.3, 0.4) is 0 Å². The summed E-state index contributed by atoms with van der Waals surface area (Å²) in [4.78, 5) is 16.6. The number of hydrogen-bond donors (Lipinski definition) is 2. The van der Waals surface area contributed by atoms with E-state index in [4.69, 9.17) is 4.74 Å². The fourth-order valence-electron chi connectivity index (χ4n) is 2.63. The van der Waals surface area contributed by atoms with Crippen molar-refractivity contribution in [2.75, 3.05) is 12.4 Å². The number of hydrogen-bond acceptors (Lipinski definition) is 5. The topological polar surface area (TPSA) is 84.3 Å². The van der Waals surface area contributed by atoms with E-state index in [-0.39, 0.29) is 11.6 Å². The summed E-state index contributed by atoms with van der Waals surface area (Å²) >= 11 is 0. The summed E-state index contributed by atoms with van der Waals surface area (Å²) in [6.07, 6.45) is 0. The molecule has 0 atom stereocenters. The van der Waals surface area contributed by atoms with Gasteiger partial charge in [0, 0.05) is 11.6 Å². The van der Waals surface area contributed by atoms with Crippen molar-refractivity contribution < 1.29 is 9.13 Å². The lowest BCUT2D eigenvalue weighted by molar-refractivity contribution is 0.415. The molecule has 0 saturated heterocycles. The van der Waals surface area contributed by atoms with Gasteiger partial charge in [-0.2, -0.15) is 5.10 Å². The third-order valence-electron chi connectivity index (χ3n) is 3.89. The van der Waals surface area contributed by atoms with Gasteiger partial charge in [-0.25, -0.2) is 23.7 Å². The molecular weight excluding hydrogens is 337 g/mol. The number of nitrogens with one attached hydrogen (secondary N) is 2. The summed E-state index contributed by atoms with van der Waals surface area (Å²) in [6.45, 7) is 0. The molecule has 2 aromatic carbocycles. The zero-order valence-electron chi connectivity index (χ0n) is 13.7. The highest BCUT2D eigenvalue weighted by Crippen LogP contribution is 2.25. The molecule has 2 N–H and O–H groups in total. The Bertz CT molecular complexity index is 1150. The molecule has 0 aliphatic heterocycles. The lowest BCUT2D eigenvalue weighted by Crippen LogP contribution is -2.15. The number of methoxy groups -OCH3 is 1. The van der Waals surface area contributed by atoms with Crippen molar-refractivity contribution in [3.8, 4) is 17.0 Å². The molecule has 0 bridgehead atoms. The summed E-state index contributed by atoms with van der Waals surface area (Å²) < 4.78 is 20.5. The van der Waals surface area contributed by atoms with Crippen molar-refractivity contribution >= 4 is 17.3 Å². The van der Waals surface area contributed by atoms with Crippen molar-refractivity contribution in [2.45, 2.75) is 0 Å². The molecule has 2 heterocycles. The minimum Gasteiger partial charge on any atom is -0.497 e. The first-order valence-electron chi connectivity index (χ1n) is 7.80. The van der Waals surface area contributed by atoms with Crippen molar-refractivity contribution in [3.05, 3.63) is 70.9 Å². The standard InChI is InChI=1S/C18H14FN5O2/c1-26-12-6-4-5-11(9-12)15-10-16-22-23-18(25)24(16)17(21-15)20-14-8-3-2-7-13(14)19/h2-10H,1H3,(H,20,21)(H,23,25). The third kappa shape index (κ3) is 2.77. The van der Waals surface area contributed by atoms with Gasteiger partial charge in [0.25, 0.3) is 0 Å². The fraction of sp³-hybridized carbons (Fsp3) is 0.0556. The van der Waals surface area contributed by atoms with E-state index in [9.17, 15) is 9.18 Å². The van der Waals surface area contributed by atoms with Crippen molar-refractivity contribution in [2.24, 2.45) is 0 Å². The van der Waals surface area contributed by atoms with Gasteiger partial charge in [0.1, 0.15) is 11.6 Å². The molecule has 0 aliphatic carbocycles. The fourth-order valence-corrected chi connectivity index (χ4v) is 2.63. The summed E-state index contributed by atoms with van der Waals surface area (Å²) in [5.41, 5.74) is 1.44. The third-order valence-corrected chi connectivity index (χ3v) is 3.89. The van der Waals surface area contributed by atoms with Crippen LogP contribution in [-0.2, 0) is 0 Å². The van der Waals surface area contributed by atoms with E-state index in [0.717, 1.165) is 5.56 Å². The van der Waals surface area contributed by atoms with Crippen LogP contribution in [0.25, 0.3) is 16.9 Å². The van der Waals surface area contributed by atoms with Gasteiger partial charge in [-0.1, -0.05) is 24.3 Å². The lowest BCUT2D eigenvalue weighted by atomic mass is 10.1. The van der Waals surface area contributed by atoms with E-state index >= 15 is 0 Å². The zero-order chi connectivity index (χ0) is 18.1. The van der Waals surface area contributed by atoms with E-state index < -0.39 is 11.5 Å². The molecule has 26 heavy (non-hydrogen) atoms. The van der Waals surface area contributed by atoms with E-state index in [1.54, 1.807) is 31.4 Å². The van der Waals surface area contributed by atoms with E-state index in [2.05, 4.69) is 20.5 Å². The van der Waals surface area contributed by atoms with Crippen LogP contribution in [0.4, 0.5) is 16.0 Å². The highest BCUT2D eigenvalue weighted by atomic mass is 19.1. The Morgan fingerprint density at radius 2 is 2.00 bits per heavy atom. The molecule has 130 valence electrons. The monoisotopic (exact) mass is 351 g/mol. The van der Waals surface area contributed by atoms with Gasteiger partial charge < -0.3 is 10.1 Å². The summed E-state index contributed by atoms with van der Waals surface area (Å²) in [6, 6.07) is 15.2. The summed E-state index contributed by atoms with van der Waals surface area (Å²) in [5.74, 6) is 0.377. The van der Waals surface area contributed by atoms with Gasteiger partial charge in [-0.3, -0.25) is 0 Å². The molecule has 0 amide bonds. The van der Waals surface area contributed by atoms with Gasteiger partial charge in [-0.15, -0.1) is 0 Å². The van der Waals surface area contributed by atoms with Crippen LogP contribution in [-0.4, -0.2) is 26.7 Å². The van der Waals surface area contributed by atoms with Crippen LogP contribution in [0.1, 0.15) is 0 Å². The van der Waals surface area contributed by atoms with Crippen LogP contribution in [0, 0.1) is 5.82 Å². The van der Waals surface area contributed by atoms with Crippen LogP contribution >= 0.6 is 0 Å². The second kappa shape index (κ2) is 6.32. The number of benzene rings is 2.